The Labute approximate surface area is 161 Å². The van der Waals surface area contributed by atoms with Gasteiger partial charge in [0.1, 0.15) is 23.2 Å². The van der Waals surface area contributed by atoms with Crippen molar-refractivity contribution < 1.29 is 4.42 Å². The third-order valence-electron chi connectivity index (χ3n) is 4.49. The molecule has 2 aromatic heterocycles. The van der Waals surface area contributed by atoms with Crippen LogP contribution in [0.2, 0.25) is 0 Å². The number of nitrogens with one attached hydrogen (secondary N) is 2. The zero-order valence-electron chi connectivity index (χ0n) is 16.7. The summed E-state index contributed by atoms with van der Waals surface area (Å²) in [6.45, 7) is 11.3. The van der Waals surface area contributed by atoms with Gasteiger partial charge in [-0.25, -0.2) is 9.97 Å². The lowest BCUT2D eigenvalue weighted by atomic mass is 9.92. The van der Waals surface area contributed by atoms with Gasteiger partial charge < -0.3 is 15.1 Å². The van der Waals surface area contributed by atoms with Crippen LogP contribution in [0.25, 0.3) is 0 Å². The third-order valence-corrected chi connectivity index (χ3v) is 4.49. The summed E-state index contributed by atoms with van der Waals surface area (Å²) in [4.78, 5) is 9.08. The maximum Gasteiger partial charge on any atom is 0.136 e. The lowest BCUT2D eigenvalue weighted by molar-refractivity contribution is 0.518. The molecule has 1 aromatic carbocycles. The molecule has 27 heavy (non-hydrogen) atoms. The van der Waals surface area contributed by atoms with Crippen LogP contribution >= 0.6 is 0 Å². The van der Waals surface area contributed by atoms with Crippen LogP contribution < -0.4 is 10.6 Å². The first-order valence-electron chi connectivity index (χ1n) is 9.45. The van der Waals surface area contributed by atoms with Gasteiger partial charge >= 0.3 is 0 Å². The molecule has 0 aliphatic carbocycles. The van der Waals surface area contributed by atoms with Gasteiger partial charge in [0.2, 0.25) is 0 Å². The zero-order valence-corrected chi connectivity index (χ0v) is 16.7. The van der Waals surface area contributed by atoms with Crippen molar-refractivity contribution in [2.75, 3.05) is 10.6 Å². The minimum Gasteiger partial charge on any atom is -0.467 e. The highest BCUT2D eigenvalue weighted by Gasteiger charge is 2.15. The van der Waals surface area contributed by atoms with Crippen LogP contribution in [-0.4, -0.2) is 9.97 Å². The number of benzene rings is 1. The van der Waals surface area contributed by atoms with Gasteiger partial charge in [-0.1, -0.05) is 45.9 Å². The summed E-state index contributed by atoms with van der Waals surface area (Å²) in [6, 6.07) is 12.3. The number of rotatable bonds is 7. The fourth-order valence-electron chi connectivity index (χ4n) is 3.14. The Bertz CT molecular complexity index is 859. The molecule has 5 nitrogen and oxygen atoms in total. The molecule has 0 aliphatic heterocycles. The molecular formula is C22H28N4O. The summed E-state index contributed by atoms with van der Waals surface area (Å²) in [5.74, 6) is 3.99. The SMILES string of the molecule is Cc1nc(NCc2ccco2)cc(Nc2c(C(C)C)cccc2C(C)C)n1. The van der Waals surface area contributed by atoms with E-state index in [0.717, 1.165) is 28.9 Å². The Morgan fingerprint density at radius 2 is 1.59 bits per heavy atom. The minimum atomic E-state index is 0.422. The van der Waals surface area contributed by atoms with Crippen LogP contribution in [0.15, 0.2) is 47.1 Å². The molecule has 0 saturated heterocycles. The van der Waals surface area contributed by atoms with E-state index in [1.54, 1.807) is 6.26 Å². The Morgan fingerprint density at radius 1 is 0.926 bits per heavy atom. The monoisotopic (exact) mass is 364 g/mol. The normalized spacial score (nSPS) is 11.2. The summed E-state index contributed by atoms with van der Waals surface area (Å²) in [7, 11) is 0. The van der Waals surface area contributed by atoms with E-state index < -0.39 is 0 Å². The van der Waals surface area contributed by atoms with Crippen molar-refractivity contribution in [1.29, 1.82) is 0 Å². The van der Waals surface area contributed by atoms with E-state index in [-0.39, 0.29) is 0 Å². The number of para-hydroxylation sites is 1. The van der Waals surface area contributed by atoms with E-state index in [1.807, 2.05) is 25.1 Å². The molecule has 0 fully saturated rings. The summed E-state index contributed by atoms with van der Waals surface area (Å²) < 4.78 is 5.37. The molecule has 142 valence electrons. The molecule has 0 unspecified atom stereocenters. The summed E-state index contributed by atoms with van der Waals surface area (Å²) in [5.41, 5.74) is 3.74. The predicted molar refractivity (Wildman–Crippen MR) is 111 cm³/mol. The van der Waals surface area contributed by atoms with Crippen LogP contribution in [0.1, 0.15) is 62.2 Å². The van der Waals surface area contributed by atoms with E-state index in [1.165, 1.54) is 11.1 Å². The fraction of sp³-hybridized carbons (Fsp3) is 0.364. The molecule has 0 bridgehead atoms. The average molecular weight is 364 g/mol. The lowest BCUT2D eigenvalue weighted by Crippen LogP contribution is -2.07. The second kappa shape index (κ2) is 8.25. The Balaban J connectivity index is 1.89. The van der Waals surface area contributed by atoms with E-state index >= 15 is 0 Å². The lowest BCUT2D eigenvalue weighted by Gasteiger charge is -2.21. The first-order valence-corrected chi connectivity index (χ1v) is 9.45. The molecule has 0 atom stereocenters. The third kappa shape index (κ3) is 4.67. The van der Waals surface area contributed by atoms with Gasteiger partial charge in [0.25, 0.3) is 0 Å². The summed E-state index contributed by atoms with van der Waals surface area (Å²) in [6.07, 6.45) is 1.67. The smallest absolute Gasteiger partial charge is 0.136 e. The van der Waals surface area contributed by atoms with Crippen LogP contribution in [0, 0.1) is 6.92 Å². The highest BCUT2D eigenvalue weighted by molar-refractivity contribution is 5.68. The van der Waals surface area contributed by atoms with Crippen LogP contribution in [0.4, 0.5) is 17.3 Å². The Morgan fingerprint density at radius 3 is 2.19 bits per heavy atom. The van der Waals surface area contributed by atoms with E-state index in [4.69, 9.17) is 4.42 Å². The Hall–Kier alpha value is -2.82. The van der Waals surface area contributed by atoms with Crippen molar-refractivity contribution in [2.24, 2.45) is 0 Å². The molecule has 0 spiro atoms. The molecule has 2 N–H and O–H groups in total. The van der Waals surface area contributed by atoms with E-state index in [9.17, 15) is 0 Å². The second-order valence-corrected chi connectivity index (χ2v) is 7.36. The van der Waals surface area contributed by atoms with Crippen molar-refractivity contribution in [2.45, 2.75) is 53.0 Å². The molecule has 3 rings (SSSR count). The van der Waals surface area contributed by atoms with Crippen molar-refractivity contribution in [3.8, 4) is 0 Å². The highest BCUT2D eigenvalue weighted by atomic mass is 16.3. The summed E-state index contributed by atoms with van der Waals surface area (Å²) >= 11 is 0. The minimum absolute atomic E-state index is 0.422. The molecule has 3 aromatic rings. The molecule has 0 saturated carbocycles. The number of furan rings is 1. The van der Waals surface area contributed by atoms with Crippen LogP contribution in [0.5, 0.6) is 0 Å². The van der Waals surface area contributed by atoms with Gasteiger partial charge in [-0.15, -0.1) is 0 Å². The molecule has 0 radical (unpaired) electrons. The molecule has 0 amide bonds. The molecule has 2 heterocycles. The topological polar surface area (TPSA) is 63.0 Å². The van der Waals surface area contributed by atoms with Crippen molar-refractivity contribution >= 4 is 17.3 Å². The van der Waals surface area contributed by atoms with Gasteiger partial charge in [-0.05, 0) is 42.0 Å². The predicted octanol–water partition coefficient (Wildman–Crippen LogP) is 5.98. The van der Waals surface area contributed by atoms with Crippen LogP contribution in [0.3, 0.4) is 0 Å². The van der Waals surface area contributed by atoms with Gasteiger partial charge in [-0.3, -0.25) is 0 Å². The fourth-order valence-corrected chi connectivity index (χ4v) is 3.14. The first kappa shape index (κ1) is 19.0. The number of aromatic nitrogens is 2. The standard InChI is InChI=1S/C22H28N4O/c1-14(2)18-9-6-10-19(15(3)4)22(18)26-21-12-20(24-16(5)25-21)23-13-17-8-7-11-27-17/h6-12,14-15H,13H2,1-5H3,(H2,23,24,25,26). The number of anilines is 3. The van der Waals surface area contributed by atoms with Crippen molar-refractivity contribution in [1.82, 2.24) is 9.97 Å². The summed E-state index contributed by atoms with van der Waals surface area (Å²) in [5, 5.41) is 6.87. The average Bonchev–Trinajstić information content (AvgIpc) is 3.13. The molecule has 5 heteroatoms. The molecular weight excluding hydrogens is 336 g/mol. The van der Waals surface area contributed by atoms with E-state index in [2.05, 4.69) is 66.5 Å². The Kier molecular flexibility index (Phi) is 5.79. The van der Waals surface area contributed by atoms with E-state index in [0.29, 0.717) is 18.4 Å². The second-order valence-electron chi connectivity index (χ2n) is 7.36. The maximum absolute atomic E-state index is 5.37. The van der Waals surface area contributed by atoms with Gasteiger partial charge in [0.15, 0.2) is 0 Å². The quantitative estimate of drug-likeness (QED) is 0.540. The number of hydrogen-bond donors (Lipinski definition) is 2. The van der Waals surface area contributed by atoms with Crippen LogP contribution in [-0.2, 0) is 6.54 Å². The number of hydrogen-bond acceptors (Lipinski definition) is 5. The zero-order chi connectivity index (χ0) is 19.4. The maximum atomic E-state index is 5.37. The van der Waals surface area contributed by atoms with Crippen molar-refractivity contribution in [3.63, 3.8) is 0 Å². The largest absolute Gasteiger partial charge is 0.467 e. The van der Waals surface area contributed by atoms with Gasteiger partial charge in [0, 0.05) is 11.8 Å². The number of nitrogens with zero attached hydrogens (tertiary/aromatic N) is 2. The molecule has 0 aliphatic rings. The van der Waals surface area contributed by atoms with Gasteiger partial charge in [-0.2, -0.15) is 0 Å². The highest BCUT2D eigenvalue weighted by Crippen LogP contribution is 2.34. The number of aryl methyl sites for hydroxylation is 1. The van der Waals surface area contributed by atoms with Gasteiger partial charge in [0.05, 0.1) is 12.8 Å². The van der Waals surface area contributed by atoms with Crippen molar-refractivity contribution in [3.05, 3.63) is 65.4 Å². The first-order chi connectivity index (χ1) is 12.9.